The van der Waals surface area contributed by atoms with Crippen molar-refractivity contribution in [1.82, 2.24) is 14.0 Å². The van der Waals surface area contributed by atoms with Crippen molar-refractivity contribution >= 4 is 16.8 Å². The largest absolute Gasteiger partial charge is 0.494 e. The molecular weight excluding hydrogens is 398 g/mol. The Hall–Kier alpha value is -3.39. The highest BCUT2D eigenvalue weighted by molar-refractivity contribution is 5.82. The number of carbonyl (C=O) groups excluding carboxylic acids is 1. The lowest BCUT2D eigenvalue weighted by Gasteiger charge is -2.27. The number of hydrogen-bond donors (Lipinski definition) is 0. The topological polar surface area (TPSA) is 82.8 Å². The highest BCUT2D eigenvalue weighted by Gasteiger charge is 2.21. The van der Waals surface area contributed by atoms with Crippen LogP contribution in [0.15, 0.2) is 52.1 Å². The van der Waals surface area contributed by atoms with Crippen LogP contribution in [0.5, 0.6) is 5.75 Å². The van der Waals surface area contributed by atoms with Crippen LogP contribution in [0.4, 0.5) is 0 Å². The summed E-state index contributed by atoms with van der Waals surface area (Å²) in [6.07, 6.45) is 0. The smallest absolute Gasteiger partial charge is 0.336 e. The summed E-state index contributed by atoms with van der Waals surface area (Å²) in [6, 6.07) is 12.1. The molecule has 162 valence electrons. The molecule has 1 aliphatic rings. The first kappa shape index (κ1) is 20.9. The Labute approximate surface area is 179 Å². The fourth-order valence-electron chi connectivity index (χ4n) is 3.77. The average molecular weight is 423 g/mol. The van der Waals surface area contributed by atoms with Gasteiger partial charge in [-0.25, -0.2) is 9.36 Å². The molecule has 0 aliphatic carbocycles. The maximum absolute atomic E-state index is 13.4. The molecule has 0 saturated carbocycles. The minimum atomic E-state index is -0.549. The minimum absolute atomic E-state index is 0.143. The molecule has 8 heteroatoms. The standard InChI is InChI=1S/C23H25N3O5/c1-3-31-18-7-5-17(6-8-18)26-22(28)19-14-16(2)4-9-20(19)25(23(26)29)15-21(27)24-10-12-30-13-11-24/h4-9,14H,3,10-13,15H2,1-2H3. The zero-order valence-corrected chi connectivity index (χ0v) is 17.7. The summed E-state index contributed by atoms with van der Waals surface area (Å²) in [4.78, 5) is 41.2. The van der Waals surface area contributed by atoms with Crippen molar-refractivity contribution in [3.8, 4) is 11.4 Å². The number of carbonyl (C=O) groups is 1. The van der Waals surface area contributed by atoms with E-state index in [1.54, 1.807) is 41.3 Å². The van der Waals surface area contributed by atoms with Crippen LogP contribution in [-0.2, 0) is 16.1 Å². The number of morpholine rings is 1. The SMILES string of the molecule is CCOc1ccc(-n2c(=O)c3cc(C)ccc3n(CC(=O)N3CCOCC3)c2=O)cc1. The summed E-state index contributed by atoms with van der Waals surface area (Å²) >= 11 is 0. The second kappa shape index (κ2) is 8.77. The first-order chi connectivity index (χ1) is 15.0. The molecule has 1 aliphatic heterocycles. The van der Waals surface area contributed by atoms with E-state index in [1.807, 2.05) is 19.9 Å². The lowest BCUT2D eigenvalue weighted by molar-refractivity contribution is -0.135. The highest BCUT2D eigenvalue weighted by atomic mass is 16.5. The molecular formula is C23H25N3O5. The van der Waals surface area contributed by atoms with Crippen LogP contribution in [0.25, 0.3) is 16.6 Å². The zero-order chi connectivity index (χ0) is 22.0. The first-order valence-corrected chi connectivity index (χ1v) is 10.3. The van der Waals surface area contributed by atoms with Crippen molar-refractivity contribution in [3.63, 3.8) is 0 Å². The number of ether oxygens (including phenoxy) is 2. The maximum atomic E-state index is 13.4. The lowest BCUT2D eigenvalue weighted by Crippen LogP contribution is -2.45. The summed E-state index contributed by atoms with van der Waals surface area (Å²) in [5.41, 5.74) is 0.807. The summed E-state index contributed by atoms with van der Waals surface area (Å²) in [7, 11) is 0. The van der Waals surface area contributed by atoms with E-state index in [1.165, 1.54) is 4.57 Å². The van der Waals surface area contributed by atoms with Gasteiger partial charge in [0, 0.05) is 13.1 Å². The van der Waals surface area contributed by atoms with E-state index in [-0.39, 0.29) is 12.5 Å². The first-order valence-electron chi connectivity index (χ1n) is 10.3. The summed E-state index contributed by atoms with van der Waals surface area (Å²) in [5.74, 6) is 0.475. The predicted octanol–water partition coefficient (Wildman–Crippen LogP) is 1.72. The fourth-order valence-corrected chi connectivity index (χ4v) is 3.77. The van der Waals surface area contributed by atoms with Crippen LogP contribution < -0.4 is 16.0 Å². The number of aromatic nitrogens is 2. The second-order valence-corrected chi connectivity index (χ2v) is 7.45. The van der Waals surface area contributed by atoms with Gasteiger partial charge in [-0.1, -0.05) is 11.6 Å². The molecule has 1 saturated heterocycles. The fraction of sp³-hybridized carbons (Fsp3) is 0.348. The van der Waals surface area contributed by atoms with E-state index in [0.29, 0.717) is 55.2 Å². The molecule has 0 atom stereocenters. The van der Waals surface area contributed by atoms with Gasteiger partial charge in [-0.3, -0.25) is 14.2 Å². The van der Waals surface area contributed by atoms with Crippen molar-refractivity contribution in [3.05, 3.63) is 68.9 Å². The van der Waals surface area contributed by atoms with Gasteiger partial charge in [0.05, 0.1) is 36.4 Å². The maximum Gasteiger partial charge on any atom is 0.336 e. The van der Waals surface area contributed by atoms with Gasteiger partial charge >= 0.3 is 5.69 Å². The molecule has 31 heavy (non-hydrogen) atoms. The Kier molecular flexibility index (Phi) is 5.90. The third kappa shape index (κ3) is 4.11. The summed E-state index contributed by atoms with van der Waals surface area (Å²) in [6.45, 7) is 6.08. The van der Waals surface area contributed by atoms with Gasteiger partial charge in [-0.15, -0.1) is 0 Å². The molecule has 1 aromatic heterocycles. The third-order valence-corrected chi connectivity index (χ3v) is 5.36. The number of fused-ring (bicyclic) bond motifs is 1. The average Bonchev–Trinajstić information content (AvgIpc) is 2.78. The molecule has 0 N–H and O–H groups in total. The molecule has 0 bridgehead atoms. The Morgan fingerprint density at radius 1 is 1.06 bits per heavy atom. The Morgan fingerprint density at radius 2 is 1.77 bits per heavy atom. The van der Waals surface area contributed by atoms with Crippen LogP contribution in [0.1, 0.15) is 12.5 Å². The molecule has 0 spiro atoms. The van der Waals surface area contributed by atoms with E-state index in [9.17, 15) is 14.4 Å². The number of nitrogens with zero attached hydrogens (tertiary/aromatic N) is 3. The van der Waals surface area contributed by atoms with Gasteiger partial charge in [-0.05, 0) is 50.2 Å². The van der Waals surface area contributed by atoms with E-state index < -0.39 is 11.2 Å². The van der Waals surface area contributed by atoms with Crippen molar-refractivity contribution in [2.75, 3.05) is 32.9 Å². The lowest BCUT2D eigenvalue weighted by atomic mass is 10.1. The Bertz CT molecular complexity index is 1220. The van der Waals surface area contributed by atoms with Crippen LogP contribution in [0.2, 0.25) is 0 Å². The monoisotopic (exact) mass is 423 g/mol. The second-order valence-electron chi connectivity index (χ2n) is 7.45. The van der Waals surface area contributed by atoms with E-state index in [0.717, 1.165) is 10.1 Å². The van der Waals surface area contributed by atoms with Gasteiger partial charge in [0.1, 0.15) is 12.3 Å². The molecule has 3 aromatic rings. The minimum Gasteiger partial charge on any atom is -0.494 e. The van der Waals surface area contributed by atoms with Gasteiger partial charge < -0.3 is 14.4 Å². The van der Waals surface area contributed by atoms with Crippen LogP contribution >= 0.6 is 0 Å². The molecule has 0 unspecified atom stereocenters. The van der Waals surface area contributed by atoms with Gasteiger partial charge in [0.15, 0.2) is 0 Å². The molecule has 2 heterocycles. The molecule has 4 rings (SSSR count). The zero-order valence-electron chi connectivity index (χ0n) is 17.7. The van der Waals surface area contributed by atoms with Crippen molar-refractivity contribution < 1.29 is 14.3 Å². The van der Waals surface area contributed by atoms with E-state index in [2.05, 4.69) is 0 Å². The van der Waals surface area contributed by atoms with E-state index in [4.69, 9.17) is 9.47 Å². The van der Waals surface area contributed by atoms with Gasteiger partial charge in [0.2, 0.25) is 5.91 Å². The molecule has 0 radical (unpaired) electrons. The molecule has 1 amide bonds. The van der Waals surface area contributed by atoms with Crippen LogP contribution in [-0.4, -0.2) is 52.9 Å². The molecule has 1 fully saturated rings. The number of amides is 1. The normalized spacial score (nSPS) is 14.1. The van der Waals surface area contributed by atoms with Crippen LogP contribution in [0.3, 0.4) is 0 Å². The quantitative estimate of drug-likeness (QED) is 0.624. The van der Waals surface area contributed by atoms with Crippen molar-refractivity contribution in [2.45, 2.75) is 20.4 Å². The highest BCUT2D eigenvalue weighted by Crippen LogP contribution is 2.16. The van der Waals surface area contributed by atoms with Crippen molar-refractivity contribution in [1.29, 1.82) is 0 Å². The number of aryl methyl sites for hydroxylation is 1. The van der Waals surface area contributed by atoms with Crippen LogP contribution in [0, 0.1) is 6.92 Å². The molecule has 8 nitrogen and oxygen atoms in total. The number of rotatable bonds is 5. The number of benzene rings is 2. The van der Waals surface area contributed by atoms with E-state index >= 15 is 0 Å². The Morgan fingerprint density at radius 3 is 2.45 bits per heavy atom. The summed E-state index contributed by atoms with van der Waals surface area (Å²) < 4.78 is 13.3. The summed E-state index contributed by atoms with van der Waals surface area (Å²) in [5, 5.41) is 0.392. The third-order valence-electron chi connectivity index (χ3n) is 5.36. The Balaban J connectivity index is 1.85. The van der Waals surface area contributed by atoms with Crippen molar-refractivity contribution in [2.24, 2.45) is 0 Å². The number of hydrogen-bond acceptors (Lipinski definition) is 5. The predicted molar refractivity (Wildman–Crippen MR) is 117 cm³/mol. The molecule has 2 aromatic carbocycles. The van der Waals surface area contributed by atoms with Gasteiger partial charge in [-0.2, -0.15) is 0 Å². The van der Waals surface area contributed by atoms with Gasteiger partial charge in [0.25, 0.3) is 5.56 Å².